The standard InChI is InChI=1S/C11H16N4O3/c1-6-7(16)15(10(17)14(6)5)9-13-12-8(18-9)11(2,3)4/h6H,1-5H3. The highest BCUT2D eigenvalue weighted by Gasteiger charge is 2.44. The Morgan fingerprint density at radius 1 is 1.22 bits per heavy atom. The van der Waals surface area contributed by atoms with Gasteiger partial charge in [-0.2, -0.15) is 4.90 Å². The molecule has 2 heterocycles. The molecule has 1 atom stereocenters. The molecular formula is C11H16N4O3. The lowest BCUT2D eigenvalue weighted by atomic mass is 9.97. The summed E-state index contributed by atoms with van der Waals surface area (Å²) in [6.07, 6.45) is 0. The average Bonchev–Trinajstić information content (AvgIpc) is 2.81. The van der Waals surface area contributed by atoms with E-state index in [2.05, 4.69) is 10.2 Å². The largest absolute Gasteiger partial charge is 0.407 e. The molecule has 0 spiro atoms. The molecule has 1 aliphatic rings. The van der Waals surface area contributed by atoms with Crippen molar-refractivity contribution in [3.63, 3.8) is 0 Å². The van der Waals surface area contributed by atoms with Gasteiger partial charge in [0.1, 0.15) is 6.04 Å². The van der Waals surface area contributed by atoms with E-state index in [9.17, 15) is 9.59 Å². The fourth-order valence-corrected chi connectivity index (χ4v) is 1.56. The number of urea groups is 1. The summed E-state index contributed by atoms with van der Waals surface area (Å²) in [7, 11) is 1.56. The monoisotopic (exact) mass is 252 g/mol. The second-order valence-electron chi connectivity index (χ2n) is 5.38. The Hall–Kier alpha value is -1.92. The van der Waals surface area contributed by atoms with Gasteiger partial charge in [0.05, 0.1) is 0 Å². The van der Waals surface area contributed by atoms with Crippen LogP contribution in [0, 0.1) is 0 Å². The van der Waals surface area contributed by atoms with Crippen molar-refractivity contribution in [2.45, 2.75) is 39.2 Å². The Kier molecular flexibility index (Phi) is 2.64. The van der Waals surface area contributed by atoms with Gasteiger partial charge in [0.2, 0.25) is 5.89 Å². The van der Waals surface area contributed by atoms with Crippen LogP contribution in [0.5, 0.6) is 0 Å². The Morgan fingerprint density at radius 3 is 2.22 bits per heavy atom. The van der Waals surface area contributed by atoms with Crippen LogP contribution in [-0.4, -0.2) is 40.1 Å². The van der Waals surface area contributed by atoms with Crippen LogP contribution < -0.4 is 4.90 Å². The van der Waals surface area contributed by atoms with Crippen molar-refractivity contribution in [2.75, 3.05) is 11.9 Å². The summed E-state index contributed by atoms with van der Waals surface area (Å²) in [6.45, 7) is 7.38. The van der Waals surface area contributed by atoms with Gasteiger partial charge in [-0.1, -0.05) is 25.9 Å². The summed E-state index contributed by atoms with van der Waals surface area (Å²) < 4.78 is 5.40. The Morgan fingerprint density at radius 2 is 1.83 bits per heavy atom. The van der Waals surface area contributed by atoms with Crippen molar-refractivity contribution in [2.24, 2.45) is 0 Å². The van der Waals surface area contributed by atoms with Crippen LogP contribution >= 0.6 is 0 Å². The average molecular weight is 252 g/mol. The molecule has 0 aliphatic carbocycles. The maximum absolute atomic E-state index is 11.9. The maximum Gasteiger partial charge on any atom is 0.335 e. The minimum Gasteiger partial charge on any atom is -0.407 e. The van der Waals surface area contributed by atoms with Gasteiger partial charge >= 0.3 is 12.0 Å². The third kappa shape index (κ3) is 1.75. The van der Waals surface area contributed by atoms with E-state index in [1.54, 1.807) is 14.0 Å². The van der Waals surface area contributed by atoms with Crippen LogP contribution in [0.4, 0.5) is 10.8 Å². The minimum atomic E-state index is -0.512. The van der Waals surface area contributed by atoms with E-state index in [0.717, 1.165) is 4.90 Å². The molecular weight excluding hydrogens is 236 g/mol. The topological polar surface area (TPSA) is 79.5 Å². The van der Waals surface area contributed by atoms with Gasteiger partial charge in [-0.25, -0.2) is 4.79 Å². The molecule has 1 aliphatic heterocycles. The highest BCUT2D eigenvalue weighted by atomic mass is 16.4. The SMILES string of the molecule is CC1C(=O)N(c2nnc(C(C)(C)C)o2)C(=O)N1C. The fraction of sp³-hybridized carbons (Fsp3) is 0.636. The van der Waals surface area contributed by atoms with Gasteiger partial charge in [0, 0.05) is 12.5 Å². The third-order valence-electron chi connectivity index (χ3n) is 2.90. The molecule has 7 nitrogen and oxygen atoms in total. The highest BCUT2D eigenvalue weighted by Crippen LogP contribution is 2.27. The second-order valence-corrected chi connectivity index (χ2v) is 5.38. The predicted molar refractivity (Wildman–Crippen MR) is 63.1 cm³/mol. The zero-order chi connectivity index (χ0) is 13.7. The van der Waals surface area contributed by atoms with Gasteiger partial charge in [-0.05, 0) is 6.92 Å². The Labute approximate surface area is 105 Å². The quantitative estimate of drug-likeness (QED) is 0.700. The van der Waals surface area contributed by atoms with Gasteiger partial charge in [-0.15, -0.1) is 5.10 Å². The van der Waals surface area contributed by atoms with E-state index in [4.69, 9.17) is 4.42 Å². The van der Waals surface area contributed by atoms with Crippen molar-refractivity contribution in [3.05, 3.63) is 5.89 Å². The molecule has 0 saturated carbocycles. The van der Waals surface area contributed by atoms with Crippen molar-refractivity contribution in [3.8, 4) is 0 Å². The predicted octanol–water partition coefficient (Wildman–Crippen LogP) is 1.15. The molecule has 1 aromatic heterocycles. The van der Waals surface area contributed by atoms with Crippen molar-refractivity contribution in [1.82, 2.24) is 15.1 Å². The van der Waals surface area contributed by atoms with Crippen LogP contribution in [0.1, 0.15) is 33.6 Å². The minimum absolute atomic E-state index is 0.0638. The highest BCUT2D eigenvalue weighted by molar-refractivity contribution is 6.19. The lowest BCUT2D eigenvalue weighted by Gasteiger charge is -2.12. The number of anilines is 1. The van der Waals surface area contributed by atoms with E-state index in [0.29, 0.717) is 5.89 Å². The number of rotatable bonds is 1. The van der Waals surface area contributed by atoms with Crippen molar-refractivity contribution in [1.29, 1.82) is 0 Å². The first-order valence-corrected chi connectivity index (χ1v) is 5.68. The number of carbonyl (C=O) groups is 2. The first-order valence-electron chi connectivity index (χ1n) is 5.68. The van der Waals surface area contributed by atoms with Gasteiger partial charge in [0.25, 0.3) is 5.91 Å². The van der Waals surface area contributed by atoms with E-state index in [-0.39, 0.29) is 17.3 Å². The zero-order valence-corrected chi connectivity index (χ0v) is 11.1. The van der Waals surface area contributed by atoms with E-state index in [1.807, 2.05) is 20.8 Å². The number of imide groups is 1. The molecule has 0 aromatic carbocycles. The molecule has 7 heteroatoms. The summed E-state index contributed by atoms with van der Waals surface area (Å²) in [5.74, 6) is 0.0342. The van der Waals surface area contributed by atoms with Crippen LogP contribution in [-0.2, 0) is 10.2 Å². The molecule has 1 aromatic rings. The molecule has 1 fully saturated rings. The number of aromatic nitrogens is 2. The van der Waals surface area contributed by atoms with Crippen LogP contribution in [0.15, 0.2) is 4.42 Å². The van der Waals surface area contributed by atoms with Crippen molar-refractivity contribution >= 4 is 18.0 Å². The number of nitrogens with zero attached hydrogens (tertiary/aromatic N) is 4. The molecule has 1 saturated heterocycles. The molecule has 2 rings (SSSR count). The Bertz CT molecular complexity index is 483. The van der Waals surface area contributed by atoms with E-state index in [1.165, 1.54) is 4.90 Å². The first-order chi connectivity index (χ1) is 8.23. The number of hydrogen-bond acceptors (Lipinski definition) is 5. The van der Waals surface area contributed by atoms with Gasteiger partial charge in [0.15, 0.2) is 0 Å². The summed E-state index contributed by atoms with van der Waals surface area (Å²) in [4.78, 5) is 26.1. The number of amides is 3. The summed E-state index contributed by atoms with van der Waals surface area (Å²) in [5.41, 5.74) is -0.325. The smallest absolute Gasteiger partial charge is 0.335 e. The maximum atomic E-state index is 11.9. The molecule has 3 amide bonds. The van der Waals surface area contributed by atoms with Gasteiger partial charge < -0.3 is 9.32 Å². The van der Waals surface area contributed by atoms with Crippen molar-refractivity contribution < 1.29 is 14.0 Å². The van der Waals surface area contributed by atoms with Gasteiger partial charge in [-0.3, -0.25) is 4.79 Å². The zero-order valence-electron chi connectivity index (χ0n) is 11.1. The lowest BCUT2D eigenvalue weighted by molar-refractivity contribution is -0.119. The lowest BCUT2D eigenvalue weighted by Crippen LogP contribution is -2.31. The number of hydrogen-bond donors (Lipinski definition) is 0. The summed E-state index contributed by atoms with van der Waals surface area (Å²) in [5, 5.41) is 7.65. The van der Waals surface area contributed by atoms with E-state index >= 15 is 0 Å². The van der Waals surface area contributed by atoms with E-state index < -0.39 is 12.1 Å². The molecule has 0 radical (unpaired) electrons. The second kappa shape index (κ2) is 3.79. The normalized spacial score (nSPS) is 21.1. The number of carbonyl (C=O) groups excluding carboxylic acids is 2. The number of likely N-dealkylation sites (N-methyl/N-ethyl adjacent to an activating group) is 1. The third-order valence-corrected chi connectivity index (χ3v) is 2.90. The first kappa shape index (κ1) is 12.5. The van der Waals surface area contributed by atoms with Crippen LogP contribution in [0.2, 0.25) is 0 Å². The Balaban J connectivity index is 2.36. The van der Waals surface area contributed by atoms with Crippen LogP contribution in [0.3, 0.4) is 0 Å². The molecule has 98 valence electrons. The molecule has 0 bridgehead atoms. The molecule has 1 unspecified atom stereocenters. The summed E-state index contributed by atoms with van der Waals surface area (Å²) in [6, 6.07) is -1.02. The fourth-order valence-electron chi connectivity index (χ4n) is 1.56. The summed E-state index contributed by atoms with van der Waals surface area (Å²) >= 11 is 0. The van der Waals surface area contributed by atoms with Crippen LogP contribution in [0.25, 0.3) is 0 Å². The molecule has 18 heavy (non-hydrogen) atoms. The molecule has 0 N–H and O–H groups in total.